The molecule has 1 heterocycles. The highest BCUT2D eigenvalue weighted by Gasteiger charge is 2.03. The summed E-state index contributed by atoms with van der Waals surface area (Å²) in [6, 6.07) is 4.96. The number of nitrogens with zero attached hydrogens (tertiary/aromatic N) is 2. The maximum absolute atomic E-state index is 13.4. The van der Waals surface area contributed by atoms with E-state index in [9.17, 15) is 4.39 Å². The number of methoxy groups -OCH3 is 1. The highest BCUT2D eigenvalue weighted by Crippen LogP contribution is 2.17. The van der Waals surface area contributed by atoms with Gasteiger partial charge in [0.1, 0.15) is 0 Å². The summed E-state index contributed by atoms with van der Waals surface area (Å²) < 4.78 is 20.3. The summed E-state index contributed by atoms with van der Waals surface area (Å²) in [5, 5.41) is 3.24. The fraction of sp³-hybridized carbons (Fsp3) is 0.308. The van der Waals surface area contributed by atoms with E-state index >= 15 is 0 Å². The van der Waals surface area contributed by atoms with Crippen LogP contribution in [-0.2, 0) is 20.1 Å². The molecule has 96 valence electrons. The smallest absolute Gasteiger partial charge is 0.165 e. The first-order chi connectivity index (χ1) is 8.70. The molecule has 1 aromatic carbocycles. The van der Waals surface area contributed by atoms with E-state index < -0.39 is 0 Å². The van der Waals surface area contributed by atoms with E-state index in [0.717, 1.165) is 11.3 Å². The highest BCUT2D eigenvalue weighted by molar-refractivity contribution is 5.29. The number of hydrogen-bond donors (Lipinski definition) is 1. The predicted molar refractivity (Wildman–Crippen MR) is 66.7 cm³/mol. The number of aromatic nitrogens is 2. The molecule has 5 heteroatoms. The third-order valence-electron chi connectivity index (χ3n) is 2.77. The standard InChI is InChI=1S/C13H16FN3O/c1-17-9-16-8-11(17)7-15-6-10-3-4-13(18-2)12(14)5-10/h3-5,8-9,15H,6-7H2,1-2H3. The Labute approximate surface area is 105 Å². The molecule has 2 aromatic rings. The van der Waals surface area contributed by atoms with Crippen molar-refractivity contribution in [1.82, 2.24) is 14.9 Å². The third-order valence-corrected chi connectivity index (χ3v) is 2.77. The van der Waals surface area contributed by atoms with Crippen molar-refractivity contribution in [2.45, 2.75) is 13.1 Å². The van der Waals surface area contributed by atoms with Crippen molar-refractivity contribution < 1.29 is 9.13 Å². The number of ether oxygens (including phenoxy) is 1. The number of hydrogen-bond acceptors (Lipinski definition) is 3. The molecule has 1 N–H and O–H groups in total. The van der Waals surface area contributed by atoms with Gasteiger partial charge in [-0.25, -0.2) is 9.37 Å². The highest BCUT2D eigenvalue weighted by atomic mass is 19.1. The Kier molecular flexibility index (Phi) is 3.94. The zero-order valence-corrected chi connectivity index (χ0v) is 10.5. The molecule has 0 unspecified atom stereocenters. The number of nitrogens with one attached hydrogen (secondary N) is 1. The van der Waals surface area contributed by atoms with Crippen LogP contribution in [0, 0.1) is 5.82 Å². The Balaban J connectivity index is 1.91. The molecular formula is C13H16FN3O. The number of benzene rings is 1. The molecule has 18 heavy (non-hydrogen) atoms. The second-order valence-corrected chi connectivity index (χ2v) is 4.07. The van der Waals surface area contributed by atoms with Crippen LogP contribution in [0.15, 0.2) is 30.7 Å². The number of aryl methyl sites for hydroxylation is 1. The van der Waals surface area contributed by atoms with E-state index in [2.05, 4.69) is 10.3 Å². The van der Waals surface area contributed by atoms with Crippen LogP contribution in [0.1, 0.15) is 11.3 Å². The van der Waals surface area contributed by atoms with E-state index in [1.54, 1.807) is 12.4 Å². The van der Waals surface area contributed by atoms with Crippen LogP contribution >= 0.6 is 0 Å². The van der Waals surface area contributed by atoms with E-state index in [0.29, 0.717) is 13.1 Å². The van der Waals surface area contributed by atoms with Crippen LogP contribution in [0.4, 0.5) is 4.39 Å². The van der Waals surface area contributed by atoms with E-state index in [-0.39, 0.29) is 11.6 Å². The van der Waals surface area contributed by atoms with Crippen LogP contribution < -0.4 is 10.1 Å². The summed E-state index contributed by atoms with van der Waals surface area (Å²) in [7, 11) is 3.40. The summed E-state index contributed by atoms with van der Waals surface area (Å²) in [4.78, 5) is 4.03. The SMILES string of the molecule is COc1ccc(CNCc2cncn2C)cc1F. The quantitative estimate of drug-likeness (QED) is 0.879. The van der Waals surface area contributed by atoms with Crippen molar-refractivity contribution in [3.05, 3.63) is 47.8 Å². The van der Waals surface area contributed by atoms with Crippen molar-refractivity contribution in [1.29, 1.82) is 0 Å². The lowest BCUT2D eigenvalue weighted by atomic mass is 10.2. The Morgan fingerprint density at radius 1 is 1.39 bits per heavy atom. The molecular weight excluding hydrogens is 233 g/mol. The molecule has 4 nitrogen and oxygen atoms in total. The average Bonchev–Trinajstić information content (AvgIpc) is 2.75. The lowest BCUT2D eigenvalue weighted by Gasteiger charge is -2.07. The lowest BCUT2D eigenvalue weighted by Crippen LogP contribution is -2.14. The van der Waals surface area contributed by atoms with Crippen LogP contribution in [0.5, 0.6) is 5.75 Å². The van der Waals surface area contributed by atoms with Crippen molar-refractivity contribution >= 4 is 0 Å². The molecule has 0 aliphatic rings. The first kappa shape index (κ1) is 12.6. The summed E-state index contributed by atoms with van der Waals surface area (Å²) in [5.41, 5.74) is 1.97. The Morgan fingerprint density at radius 3 is 2.83 bits per heavy atom. The van der Waals surface area contributed by atoms with Gasteiger partial charge in [-0.05, 0) is 17.7 Å². The van der Waals surface area contributed by atoms with Gasteiger partial charge in [0, 0.05) is 26.3 Å². The van der Waals surface area contributed by atoms with Crippen molar-refractivity contribution in [2.75, 3.05) is 7.11 Å². The molecule has 0 saturated carbocycles. The van der Waals surface area contributed by atoms with Gasteiger partial charge in [-0.15, -0.1) is 0 Å². The zero-order valence-electron chi connectivity index (χ0n) is 10.5. The molecule has 0 spiro atoms. The molecule has 0 saturated heterocycles. The first-order valence-electron chi connectivity index (χ1n) is 5.69. The Morgan fingerprint density at radius 2 is 2.22 bits per heavy atom. The van der Waals surface area contributed by atoms with Gasteiger partial charge in [0.15, 0.2) is 11.6 Å². The molecule has 0 radical (unpaired) electrons. The van der Waals surface area contributed by atoms with E-state index in [1.807, 2.05) is 23.9 Å². The second-order valence-electron chi connectivity index (χ2n) is 4.07. The number of halogens is 1. The van der Waals surface area contributed by atoms with Gasteiger partial charge >= 0.3 is 0 Å². The van der Waals surface area contributed by atoms with Gasteiger partial charge in [-0.1, -0.05) is 6.07 Å². The molecule has 0 aliphatic carbocycles. The monoisotopic (exact) mass is 249 g/mol. The van der Waals surface area contributed by atoms with Crippen molar-refractivity contribution in [3.8, 4) is 5.75 Å². The predicted octanol–water partition coefficient (Wildman–Crippen LogP) is 1.86. The maximum atomic E-state index is 13.4. The minimum Gasteiger partial charge on any atom is -0.494 e. The third kappa shape index (κ3) is 2.87. The minimum atomic E-state index is -0.336. The molecule has 0 amide bonds. The molecule has 1 aromatic heterocycles. The fourth-order valence-corrected chi connectivity index (χ4v) is 1.71. The Hall–Kier alpha value is -1.88. The lowest BCUT2D eigenvalue weighted by molar-refractivity contribution is 0.386. The molecule has 0 fully saturated rings. The van der Waals surface area contributed by atoms with E-state index in [1.165, 1.54) is 13.2 Å². The van der Waals surface area contributed by atoms with Crippen LogP contribution in [0.3, 0.4) is 0 Å². The number of imidazole rings is 1. The summed E-state index contributed by atoms with van der Waals surface area (Å²) in [6.45, 7) is 1.30. The van der Waals surface area contributed by atoms with Crippen LogP contribution in [-0.4, -0.2) is 16.7 Å². The second kappa shape index (κ2) is 5.64. The summed E-state index contributed by atoms with van der Waals surface area (Å²) in [5.74, 6) is -0.0669. The number of rotatable bonds is 5. The molecule has 0 bridgehead atoms. The van der Waals surface area contributed by atoms with Crippen molar-refractivity contribution in [3.63, 3.8) is 0 Å². The van der Waals surface area contributed by atoms with Crippen LogP contribution in [0.25, 0.3) is 0 Å². The van der Waals surface area contributed by atoms with Gasteiger partial charge in [0.25, 0.3) is 0 Å². The summed E-state index contributed by atoms with van der Waals surface area (Å²) >= 11 is 0. The Bertz CT molecular complexity index is 525. The van der Waals surface area contributed by atoms with E-state index in [4.69, 9.17) is 4.74 Å². The van der Waals surface area contributed by atoms with Gasteiger partial charge in [-0.2, -0.15) is 0 Å². The first-order valence-corrected chi connectivity index (χ1v) is 5.69. The minimum absolute atomic E-state index is 0.269. The fourth-order valence-electron chi connectivity index (χ4n) is 1.71. The summed E-state index contributed by atoms with van der Waals surface area (Å²) in [6.07, 6.45) is 3.56. The van der Waals surface area contributed by atoms with Crippen LogP contribution in [0.2, 0.25) is 0 Å². The van der Waals surface area contributed by atoms with Gasteiger partial charge in [0.05, 0.1) is 19.1 Å². The topological polar surface area (TPSA) is 39.1 Å². The molecule has 2 rings (SSSR count). The van der Waals surface area contributed by atoms with Crippen molar-refractivity contribution in [2.24, 2.45) is 7.05 Å². The van der Waals surface area contributed by atoms with Gasteiger partial charge in [0.2, 0.25) is 0 Å². The largest absolute Gasteiger partial charge is 0.494 e. The molecule has 0 atom stereocenters. The average molecular weight is 249 g/mol. The normalized spacial score (nSPS) is 10.6. The zero-order chi connectivity index (χ0) is 13.0. The van der Waals surface area contributed by atoms with Gasteiger partial charge in [-0.3, -0.25) is 0 Å². The maximum Gasteiger partial charge on any atom is 0.165 e. The van der Waals surface area contributed by atoms with Gasteiger partial charge < -0.3 is 14.6 Å². The molecule has 0 aliphatic heterocycles.